The van der Waals surface area contributed by atoms with E-state index in [1.165, 1.54) is 6.07 Å². The Labute approximate surface area is 127 Å². The molecule has 2 rings (SSSR count). The number of aryl methyl sites for hydroxylation is 1. The summed E-state index contributed by atoms with van der Waals surface area (Å²) in [6, 6.07) is 9.95. The average molecular weight is 308 g/mol. The lowest BCUT2D eigenvalue weighted by molar-refractivity contribution is 0.297. The molecule has 0 bridgehead atoms. The van der Waals surface area contributed by atoms with E-state index in [1.54, 1.807) is 25.1 Å². The Bertz CT molecular complexity index is 666. The van der Waals surface area contributed by atoms with E-state index in [-0.39, 0.29) is 6.61 Å². The van der Waals surface area contributed by atoms with E-state index in [0.29, 0.717) is 27.6 Å². The van der Waals surface area contributed by atoms with Crippen LogP contribution in [0.4, 0.5) is 4.39 Å². The van der Waals surface area contributed by atoms with Crippen molar-refractivity contribution in [2.24, 2.45) is 5.16 Å². The molecule has 2 aromatic rings. The van der Waals surface area contributed by atoms with E-state index in [9.17, 15) is 4.39 Å². The minimum atomic E-state index is -0.413. The first-order valence-electron chi connectivity index (χ1n) is 6.38. The molecule has 0 spiro atoms. The zero-order valence-corrected chi connectivity index (χ0v) is 12.5. The van der Waals surface area contributed by atoms with Gasteiger partial charge in [-0.15, -0.1) is 0 Å². The van der Waals surface area contributed by atoms with Gasteiger partial charge in [0.25, 0.3) is 0 Å². The highest BCUT2D eigenvalue weighted by atomic mass is 35.5. The molecular weight excluding hydrogens is 293 g/mol. The molecule has 21 heavy (non-hydrogen) atoms. The van der Waals surface area contributed by atoms with Crippen LogP contribution in [-0.2, 0) is 6.61 Å². The Kier molecular flexibility index (Phi) is 4.81. The van der Waals surface area contributed by atoms with E-state index in [2.05, 4.69) is 5.16 Å². The highest BCUT2D eigenvalue weighted by Crippen LogP contribution is 2.25. The number of ether oxygens (including phenoxy) is 1. The van der Waals surface area contributed by atoms with E-state index < -0.39 is 5.82 Å². The lowest BCUT2D eigenvalue weighted by atomic mass is 10.1. The van der Waals surface area contributed by atoms with Crippen LogP contribution in [0.15, 0.2) is 41.6 Å². The first-order valence-corrected chi connectivity index (χ1v) is 6.76. The summed E-state index contributed by atoms with van der Waals surface area (Å²) in [4.78, 5) is 0. The standard InChI is InChI=1S/C16H15ClFNO2/c1-10-6-7-16(12(8-10)11(2)19-20)21-9-13-14(17)4-3-5-15(13)18/h3-8,20H,9H2,1-2H3. The van der Waals surface area contributed by atoms with E-state index >= 15 is 0 Å². The molecule has 0 aliphatic rings. The highest BCUT2D eigenvalue weighted by Gasteiger charge is 2.11. The molecule has 2 aromatic carbocycles. The number of halogens is 2. The topological polar surface area (TPSA) is 41.8 Å². The minimum absolute atomic E-state index is 0.000274. The van der Waals surface area contributed by atoms with Gasteiger partial charge in [-0.05, 0) is 38.1 Å². The zero-order chi connectivity index (χ0) is 15.4. The zero-order valence-electron chi connectivity index (χ0n) is 11.7. The molecule has 0 saturated carbocycles. The van der Waals surface area contributed by atoms with Gasteiger partial charge in [-0.1, -0.05) is 34.5 Å². The molecule has 0 amide bonds. The molecular formula is C16H15ClFNO2. The molecule has 0 aliphatic carbocycles. The van der Waals surface area contributed by atoms with Gasteiger partial charge in [0.2, 0.25) is 0 Å². The van der Waals surface area contributed by atoms with Gasteiger partial charge < -0.3 is 9.94 Å². The molecule has 3 nitrogen and oxygen atoms in total. The van der Waals surface area contributed by atoms with Crippen LogP contribution in [0.3, 0.4) is 0 Å². The van der Waals surface area contributed by atoms with Crippen LogP contribution >= 0.6 is 11.6 Å². The Morgan fingerprint density at radius 3 is 2.76 bits per heavy atom. The van der Waals surface area contributed by atoms with Crippen LogP contribution < -0.4 is 4.74 Å². The summed E-state index contributed by atoms with van der Waals surface area (Å²) in [6.45, 7) is 3.59. The van der Waals surface area contributed by atoms with Crippen molar-refractivity contribution in [3.05, 3.63) is 63.9 Å². The minimum Gasteiger partial charge on any atom is -0.488 e. The number of benzene rings is 2. The fraction of sp³-hybridized carbons (Fsp3) is 0.188. The molecule has 0 saturated heterocycles. The molecule has 0 atom stereocenters. The maximum atomic E-state index is 13.7. The summed E-state index contributed by atoms with van der Waals surface area (Å²) in [7, 11) is 0. The van der Waals surface area contributed by atoms with Gasteiger partial charge >= 0.3 is 0 Å². The molecule has 0 unspecified atom stereocenters. The van der Waals surface area contributed by atoms with Gasteiger partial charge in [-0.2, -0.15) is 0 Å². The van der Waals surface area contributed by atoms with Gasteiger partial charge in [0.05, 0.1) is 10.7 Å². The third-order valence-corrected chi connectivity index (χ3v) is 3.46. The van der Waals surface area contributed by atoms with Gasteiger partial charge in [0.1, 0.15) is 18.2 Å². The van der Waals surface area contributed by atoms with E-state index in [0.717, 1.165) is 5.56 Å². The summed E-state index contributed by atoms with van der Waals surface area (Å²) in [5, 5.41) is 12.4. The highest BCUT2D eigenvalue weighted by molar-refractivity contribution is 6.31. The van der Waals surface area contributed by atoms with Crippen molar-refractivity contribution in [1.82, 2.24) is 0 Å². The maximum absolute atomic E-state index is 13.7. The first-order chi connectivity index (χ1) is 10.0. The quantitative estimate of drug-likeness (QED) is 0.511. The van der Waals surface area contributed by atoms with Crippen molar-refractivity contribution in [3.63, 3.8) is 0 Å². The molecule has 0 fully saturated rings. The summed E-state index contributed by atoms with van der Waals surface area (Å²) in [6.07, 6.45) is 0. The monoisotopic (exact) mass is 307 g/mol. The van der Waals surface area contributed by atoms with Crippen molar-refractivity contribution in [2.75, 3.05) is 0 Å². The van der Waals surface area contributed by atoms with Gasteiger partial charge in [0.15, 0.2) is 0 Å². The molecule has 0 radical (unpaired) electrons. The van der Waals surface area contributed by atoms with Crippen LogP contribution in [-0.4, -0.2) is 10.9 Å². The van der Waals surface area contributed by atoms with Gasteiger partial charge in [-0.25, -0.2) is 4.39 Å². The third kappa shape index (κ3) is 3.52. The van der Waals surface area contributed by atoms with Crippen molar-refractivity contribution in [3.8, 4) is 5.75 Å². The second-order valence-electron chi connectivity index (χ2n) is 4.67. The second kappa shape index (κ2) is 6.59. The number of hydrogen-bond acceptors (Lipinski definition) is 3. The van der Waals surface area contributed by atoms with Crippen molar-refractivity contribution < 1.29 is 14.3 Å². The Balaban J connectivity index is 2.28. The lowest BCUT2D eigenvalue weighted by Gasteiger charge is -2.13. The third-order valence-electron chi connectivity index (χ3n) is 3.11. The molecule has 1 N–H and O–H groups in total. The fourth-order valence-electron chi connectivity index (χ4n) is 1.93. The normalized spacial score (nSPS) is 11.5. The predicted octanol–water partition coefficient (Wildman–Crippen LogP) is 4.56. The maximum Gasteiger partial charge on any atom is 0.131 e. The van der Waals surface area contributed by atoms with E-state index in [1.807, 2.05) is 19.1 Å². The lowest BCUT2D eigenvalue weighted by Crippen LogP contribution is -2.04. The van der Waals surface area contributed by atoms with Gasteiger partial charge in [-0.3, -0.25) is 0 Å². The summed E-state index contributed by atoms with van der Waals surface area (Å²) in [5.41, 5.74) is 2.38. The Morgan fingerprint density at radius 2 is 2.10 bits per heavy atom. The van der Waals surface area contributed by atoms with Crippen LogP contribution in [0.25, 0.3) is 0 Å². The number of oxime groups is 1. The van der Waals surface area contributed by atoms with Gasteiger partial charge in [0, 0.05) is 11.1 Å². The number of hydrogen-bond donors (Lipinski definition) is 1. The molecule has 0 aromatic heterocycles. The number of nitrogens with zero attached hydrogens (tertiary/aromatic N) is 1. The second-order valence-corrected chi connectivity index (χ2v) is 5.08. The Morgan fingerprint density at radius 1 is 1.33 bits per heavy atom. The van der Waals surface area contributed by atoms with Crippen molar-refractivity contribution >= 4 is 17.3 Å². The number of rotatable bonds is 4. The SMILES string of the molecule is CC(=NO)c1cc(C)ccc1OCc1c(F)cccc1Cl. The van der Waals surface area contributed by atoms with Crippen LogP contribution in [0.1, 0.15) is 23.6 Å². The smallest absolute Gasteiger partial charge is 0.131 e. The molecule has 0 heterocycles. The molecule has 110 valence electrons. The van der Waals surface area contributed by atoms with E-state index in [4.69, 9.17) is 21.5 Å². The van der Waals surface area contributed by atoms with Crippen molar-refractivity contribution in [2.45, 2.75) is 20.5 Å². The summed E-state index contributed by atoms with van der Waals surface area (Å²) in [5.74, 6) is 0.0962. The van der Waals surface area contributed by atoms with Crippen LogP contribution in [0.5, 0.6) is 5.75 Å². The average Bonchev–Trinajstić information content (AvgIpc) is 2.47. The first kappa shape index (κ1) is 15.3. The Hall–Kier alpha value is -2.07. The molecule has 0 aliphatic heterocycles. The fourth-order valence-corrected chi connectivity index (χ4v) is 2.14. The summed E-state index contributed by atoms with van der Waals surface area (Å²) < 4.78 is 19.4. The van der Waals surface area contributed by atoms with Crippen LogP contribution in [0, 0.1) is 12.7 Å². The largest absolute Gasteiger partial charge is 0.488 e. The van der Waals surface area contributed by atoms with Crippen molar-refractivity contribution in [1.29, 1.82) is 0 Å². The summed E-state index contributed by atoms with van der Waals surface area (Å²) >= 11 is 5.97. The molecule has 5 heteroatoms. The predicted molar refractivity (Wildman–Crippen MR) is 80.9 cm³/mol. The van der Waals surface area contributed by atoms with Crippen LogP contribution in [0.2, 0.25) is 5.02 Å².